The topological polar surface area (TPSA) is 43.9 Å². The van der Waals surface area contributed by atoms with E-state index < -0.39 is 5.41 Å². The van der Waals surface area contributed by atoms with Crippen LogP contribution in [0, 0.1) is 17.2 Å². The Hall–Kier alpha value is -1.95. The summed E-state index contributed by atoms with van der Waals surface area (Å²) in [4.78, 5) is 32.1. The van der Waals surface area contributed by atoms with Crippen molar-refractivity contribution in [2.45, 2.75) is 59.4 Å². The van der Waals surface area contributed by atoms with Crippen LogP contribution in [0.15, 0.2) is 24.3 Å². The Bertz CT molecular complexity index is 730. The molecule has 2 fully saturated rings. The second kappa shape index (κ2) is 10.6. The lowest BCUT2D eigenvalue weighted by atomic mass is 9.88. The number of nitrogens with zero attached hydrogens (tertiary/aromatic N) is 3. The second-order valence-corrected chi connectivity index (χ2v) is 10.1. The first-order valence-electron chi connectivity index (χ1n) is 11.8. The Kier molecular flexibility index (Phi) is 8.09. The molecule has 2 aliphatic rings. The quantitative estimate of drug-likeness (QED) is 0.686. The lowest BCUT2D eigenvalue weighted by Crippen LogP contribution is -2.52. The van der Waals surface area contributed by atoms with Gasteiger partial charge in [0.15, 0.2) is 0 Å². The minimum Gasteiger partial charge on any atom is -0.340 e. The average Bonchev–Trinajstić information content (AvgIpc) is 2.77. The van der Waals surface area contributed by atoms with Gasteiger partial charge in [0, 0.05) is 57.1 Å². The third-order valence-electron chi connectivity index (χ3n) is 6.54. The third-order valence-corrected chi connectivity index (χ3v) is 6.54. The molecule has 0 bridgehead atoms. The molecule has 0 radical (unpaired) electrons. The number of hydrogen-bond acceptors (Lipinski definition) is 3. The molecule has 1 heterocycles. The van der Waals surface area contributed by atoms with Crippen LogP contribution in [0.3, 0.4) is 0 Å². The standard InChI is InChI=1S/C25H38FN3O2/c1-25(2,3)24(31)29(19-20-9-11-22(26)12-10-20)18-15-27-13-16-28(17-14-27)23(30)21-7-5-4-6-8-21/h9-12,21H,4-8,13-19H2,1-3H3. The number of benzene rings is 1. The number of carbonyl (C=O) groups excluding carboxylic acids is 2. The summed E-state index contributed by atoms with van der Waals surface area (Å²) in [6.45, 7) is 11.0. The van der Waals surface area contributed by atoms with Gasteiger partial charge < -0.3 is 9.80 Å². The molecular weight excluding hydrogens is 393 g/mol. The summed E-state index contributed by atoms with van der Waals surface area (Å²) in [5.41, 5.74) is 0.465. The Labute approximate surface area is 186 Å². The highest BCUT2D eigenvalue weighted by molar-refractivity contribution is 5.81. The van der Waals surface area contributed by atoms with Gasteiger partial charge in [0.05, 0.1) is 0 Å². The zero-order valence-electron chi connectivity index (χ0n) is 19.4. The van der Waals surface area contributed by atoms with E-state index in [0.717, 1.165) is 51.1 Å². The highest BCUT2D eigenvalue weighted by atomic mass is 19.1. The van der Waals surface area contributed by atoms with Gasteiger partial charge in [-0.2, -0.15) is 0 Å². The van der Waals surface area contributed by atoms with Crippen LogP contribution < -0.4 is 0 Å². The molecule has 0 N–H and O–H groups in total. The van der Waals surface area contributed by atoms with Crippen LogP contribution in [-0.4, -0.2) is 65.8 Å². The summed E-state index contributed by atoms with van der Waals surface area (Å²) in [7, 11) is 0. The molecule has 6 heteroatoms. The Morgan fingerprint density at radius 1 is 1.00 bits per heavy atom. The lowest BCUT2D eigenvalue weighted by molar-refractivity contribution is -0.140. The summed E-state index contributed by atoms with van der Waals surface area (Å²) in [6.07, 6.45) is 5.72. The van der Waals surface area contributed by atoms with Crippen molar-refractivity contribution in [1.82, 2.24) is 14.7 Å². The molecule has 3 rings (SSSR count). The van der Waals surface area contributed by atoms with Crippen molar-refractivity contribution >= 4 is 11.8 Å². The summed E-state index contributed by atoms with van der Waals surface area (Å²) >= 11 is 0. The van der Waals surface area contributed by atoms with Gasteiger partial charge in [0.2, 0.25) is 11.8 Å². The maximum Gasteiger partial charge on any atom is 0.228 e. The van der Waals surface area contributed by atoms with E-state index in [1.165, 1.54) is 31.4 Å². The molecule has 1 saturated carbocycles. The number of hydrogen-bond donors (Lipinski definition) is 0. The number of carbonyl (C=O) groups is 2. The number of piperazine rings is 1. The van der Waals surface area contributed by atoms with E-state index in [1.54, 1.807) is 12.1 Å². The highest BCUT2D eigenvalue weighted by Gasteiger charge is 2.30. The summed E-state index contributed by atoms with van der Waals surface area (Å²) in [5.74, 6) is 0.414. The first-order valence-corrected chi connectivity index (χ1v) is 11.8. The molecule has 0 aromatic heterocycles. The Morgan fingerprint density at radius 3 is 2.19 bits per heavy atom. The smallest absolute Gasteiger partial charge is 0.228 e. The van der Waals surface area contributed by atoms with Crippen molar-refractivity contribution < 1.29 is 14.0 Å². The molecule has 0 atom stereocenters. The fraction of sp³-hybridized carbons (Fsp3) is 0.680. The van der Waals surface area contributed by atoms with Crippen molar-refractivity contribution in [3.05, 3.63) is 35.6 Å². The summed E-state index contributed by atoms with van der Waals surface area (Å²) in [6, 6.07) is 6.37. The van der Waals surface area contributed by atoms with E-state index in [9.17, 15) is 14.0 Å². The molecule has 172 valence electrons. The Morgan fingerprint density at radius 2 is 1.61 bits per heavy atom. The largest absolute Gasteiger partial charge is 0.340 e. The third kappa shape index (κ3) is 6.76. The SMILES string of the molecule is CC(C)(C)C(=O)N(CCN1CCN(C(=O)C2CCCCC2)CC1)Cc1ccc(F)cc1. The number of halogens is 1. The molecule has 1 aromatic carbocycles. The van der Waals surface area contributed by atoms with Crippen molar-refractivity contribution in [3.63, 3.8) is 0 Å². The lowest BCUT2D eigenvalue weighted by Gasteiger charge is -2.38. The van der Waals surface area contributed by atoms with E-state index in [-0.39, 0.29) is 17.6 Å². The second-order valence-electron chi connectivity index (χ2n) is 10.1. The van der Waals surface area contributed by atoms with Crippen LogP contribution in [0.1, 0.15) is 58.4 Å². The van der Waals surface area contributed by atoms with Gasteiger partial charge in [-0.1, -0.05) is 52.2 Å². The summed E-state index contributed by atoms with van der Waals surface area (Å²) in [5, 5.41) is 0. The highest BCUT2D eigenvalue weighted by Crippen LogP contribution is 2.26. The van der Waals surface area contributed by atoms with Crippen LogP contribution in [0.4, 0.5) is 4.39 Å². The zero-order chi connectivity index (χ0) is 22.4. The van der Waals surface area contributed by atoms with Crippen molar-refractivity contribution in [1.29, 1.82) is 0 Å². The molecule has 1 aliphatic carbocycles. The molecule has 0 unspecified atom stereocenters. The van der Waals surface area contributed by atoms with E-state index in [4.69, 9.17) is 0 Å². The molecule has 0 spiro atoms. The number of rotatable bonds is 6. The van der Waals surface area contributed by atoms with Crippen molar-refractivity contribution in [2.24, 2.45) is 11.3 Å². The van der Waals surface area contributed by atoms with Crippen LogP contribution in [-0.2, 0) is 16.1 Å². The van der Waals surface area contributed by atoms with Crippen molar-refractivity contribution in [2.75, 3.05) is 39.3 Å². The molecule has 1 saturated heterocycles. The minimum atomic E-state index is -0.467. The fourth-order valence-corrected chi connectivity index (χ4v) is 4.60. The monoisotopic (exact) mass is 431 g/mol. The van der Waals surface area contributed by atoms with E-state index >= 15 is 0 Å². The van der Waals surface area contributed by atoms with Gasteiger partial charge in [-0.05, 0) is 30.5 Å². The van der Waals surface area contributed by atoms with Gasteiger partial charge in [-0.25, -0.2) is 4.39 Å². The first-order chi connectivity index (χ1) is 14.7. The number of amides is 2. The minimum absolute atomic E-state index is 0.0999. The zero-order valence-corrected chi connectivity index (χ0v) is 19.4. The maximum atomic E-state index is 13.3. The van der Waals surface area contributed by atoms with E-state index in [2.05, 4.69) is 4.90 Å². The van der Waals surface area contributed by atoms with Gasteiger partial charge in [-0.15, -0.1) is 0 Å². The molecule has 5 nitrogen and oxygen atoms in total. The predicted molar refractivity (Wildman–Crippen MR) is 121 cm³/mol. The molecule has 1 aliphatic heterocycles. The van der Waals surface area contributed by atoms with Crippen LogP contribution >= 0.6 is 0 Å². The van der Waals surface area contributed by atoms with Crippen LogP contribution in [0.25, 0.3) is 0 Å². The predicted octanol–water partition coefficient (Wildman–Crippen LogP) is 3.92. The maximum absolute atomic E-state index is 13.3. The molecular formula is C25H38FN3O2. The average molecular weight is 432 g/mol. The first kappa shape index (κ1) is 23.7. The Balaban J connectivity index is 1.52. The normalized spacial score (nSPS) is 18.8. The van der Waals surface area contributed by atoms with Crippen LogP contribution in [0.5, 0.6) is 0 Å². The van der Waals surface area contributed by atoms with E-state index in [0.29, 0.717) is 19.0 Å². The fourth-order valence-electron chi connectivity index (χ4n) is 4.60. The summed E-state index contributed by atoms with van der Waals surface area (Å²) < 4.78 is 13.3. The van der Waals surface area contributed by atoms with Crippen LogP contribution in [0.2, 0.25) is 0 Å². The van der Waals surface area contributed by atoms with Gasteiger partial charge >= 0.3 is 0 Å². The van der Waals surface area contributed by atoms with Gasteiger partial charge in [0.25, 0.3) is 0 Å². The van der Waals surface area contributed by atoms with E-state index in [1.807, 2.05) is 30.6 Å². The molecule has 31 heavy (non-hydrogen) atoms. The molecule has 2 amide bonds. The molecule has 1 aromatic rings. The van der Waals surface area contributed by atoms with Crippen molar-refractivity contribution in [3.8, 4) is 0 Å². The van der Waals surface area contributed by atoms with Gasteiger partial charge in [0.1, 0.15) is 5.82 Å². The van der Waals surface area contributed by atoms with Gasteiger partial charge in [-0.3, -0.25) is 14.5 Å².